The lowest BCUT2D eigenvalue weighted by Crippen LogP contribution is -2.38. The highest BCUT2D eigenvalue weighted by atomic mass is 32.2. The zero-order chi connectivity index (χ0) is 28.2. The highest BCUT2D eigenvalue weighted by molar-refractivity contribution is 8.01. The number of carbonyl (C=O) groups excluding carboxylic acids is 2. The van der Waals surface area contributed by atoms with E-state index < -0.39 is 5.92 Å². The molecule has 1 atom stereocenters. The minimum Gasteiger partial charge on any atom is -0.497 e. The number of carbonyl (C=O) groups is 2. The van der Waals surface area contributed by atoms with Crippen molar-refractivity contribution in [3.05, 3.63) is 82.3 Å². The summed E-state index contributed by atoms with van der Waals surface area (Å²) < 4.78 is 5.72. The molecule has 1 unspecified atom stereocenters. The first-order valence-electron chi connectivity index (χ1n) is 12.9. The van der Waals surface area contributed by atoms with Gasteiger partial charge in [-0.05, 0) is 54.7 Å². The Morgan fingerprint density at radius 2 is 1.95 bits per heavy atom. The van der Waals surface area contributed by atoms with Crippen molar-refractivity contribution in [2.75, 3.05) is 23.1 Å². The van der Waals surface area contributed by atoms with Crippen LogP contribution in [0, 0.1) is 11.3 Å². The first-order chi connectivity index (χ1) is 19.4. The Morgan fingerprint density at radius 3 is 2.62 bits per heavy atom. The van der Waals surface area contributed by atoms with Crippen molar-refractivity contribution in [2.24, 2.45) is 5.73 Å². The molecule has 0 fully saturated rings. The van der Waals surface area contributed by atoms with Crippen molar-refractivity contribution in [2.45, 2.75) is 42.9 Å². The van der Waals surface area contributed by atoms with E-state index in [9.17, 15) is 14.9 Å². The van der Waals surface area contributed by atoms with Crippen LogP contribution in [0.25, 0.3) is 0 Å². The van der Waals surface area contributed by atoms with Crippen molar-refractivity contribution in [1.82, 2.24) is 10.2 Å². The van der Waals surface area contributed by atoms with E-state index in [-0.39, 0.29) is 23.3 Å². The average Bonchev–Trinajstić information content (AvgIpc) is 3.44. The molecule has 1 amide bonds. The fourth-order valence-electron chi connectivity index (χ4n) is 4.93. The van der Waals surface area contributed by atoms with Crippen LogP contribution in [0.3, 0.4) is 0 Å². The normalized spacial score (nSPS) is 17.0. The number of ether oxygens (including phenoxy) is 1. The van der Waals surface area contributed by atoms with Crippen LogP contribution < -0.4 is 20.7 Å². The predicted molar refractivity (Wildman–Crippen MR) is 156 cm³/mol. The number of methoxy groups -OCH3 is 1. The summed E-state index contributed by atoms with van der Waals surface area (Å²) in [4.78, 5) is 27.5. The van der Waals surface area contributed by atoms with Gasteiger partial charge in [0.05, 0.1) is 30.4 Å². The Hall–Kier alpha value is -4.14. The number of nitriles is 1. The van der Waals surface area contributed by atoms with Gasteiger partial charge < -0.3 is 15.8 Å². The Balaban J connectivity index is 1.39. The van der Waals surface area contributed by atoms with Crippen LogP contribution >= 0.6 is 23.1 Å². The lowest BCUT2D eigenvalue weighted by atomic mass is 9.75. The monoisotopic (exact) mass is 572 g/mol. The minimum atomic E-state index is -0.515. The number of anilines is 2. The molecule has 0 saturated carbocycles. The molecule has 1 aliphatic heterocycles. The molecule has 11 heteroatoms. The average molecular weight is 573 g/mol. The zero-order valence-electron chi connectivity index (χ0n) is 22.1. The number of nitrogens with two attached hydrogens (primary N) is 1. The molecule has 9 nitrogen and oxygen atoms in total. The van der Waals surface area contributed by atoms with E-state index >= 15 is 0 Å². The predicted octanol–water partition coefficient (Wildman–Crippen LogP) is 5.14. The van der Waals surface area contributed by atoms with Gasteiger partial charge in [-0.2, -0.15) is 5.26 Å². The van der Waals surface area contributed by atoms with Gasteiger partial charge in [-0.25, -0.2) is 0 Å². The number of rotatable bonds is 8. The topological polar surface area (TPSA) is 134 Å². The molecule has 2 heterocycles. The molecule has 5 rings (SSSR count). The number of ketones is 1. The number of nitrogens with one attached hydrogen (secondary N) is 1. The summed E-state index contributed by atoms with van der Waals surface area (Å²) in [6.07, 6.45) is 2.65. The van der Waals surface area contributed by atoms with Gasteiger partial charge in [-0.15, -0.1) is 10.2 Å². The maximum atomic E-state index is 13.3. The summed E-state index contributed by atoms with van der Waals surface area (Å²) in [7, 11) is 1.59. The first-order valence-corrected chi connectivity index (χ1v) is 14.7. The Bertz CT molecular complexity index is 1540. The van der Waals surface area contributed by atoms with Crippen LogP contribution in [0.4, 0.5) is 10.8 Å². The van der Waals surface area contributed by atoms with Crippen LogP contribution in [-0.2, 0) is 16.0 Å². The maximum absolute atomic E-state index is 13.3. The van der Waals surface area contributed by atoms with Crippen molar-refractivity contribution in [3.8, 4) is 11.8 Å². The van der Waals surface area contributed by atoms with Crippen LogP contribution in [0.5, 0.6) is 5.75 Å². The molecule has 0 bridgehead atoms. The third-order valence-electron chi connectivity index (χ3n) is 6.92. The second-order valence-electron chi connectivity index (χ2n) is 9.33. The van der Waals surface area contributed by atoms with Gasteiger partial charge in [0.1, 0.15) is 11.6 Å². The number of hydrogen-bond acceptors (Lipinski definition) is 10. The molecule has 1 aromatic heterocycles. The minimum absolute atomic E-state index is 0.0189. The third-order valence-corrected chi connectivity index (χ3v) is 8.96. The molecule has 0 saturated heterocycles. The van der Waals surface area contributed by atoms with E-state index in [1.54, 1.807) is 36.3 Å². The second-order valence-corrected chi connectivity index (χ2v) is 11.5. The lowest BCUT2D eigenvalue weighted by molar-refractivity contribution is -0.116. The molecule has 3 N–H and O–H groups in total. The van der Waals surface area contributed by atoms with Crippen molar-refractivity contribution in [3.63, 3.8) is 0 Å². The van der Waals surface area contributed by atoms with Crippen LogP contribution in [0.2, 0.25) is 0 Å². The molecule has 1 aliphatic carbocycles. The number of amides is 1. The Labute approximate surface area is 240 Å². The van der Waals surface area contributed by atoms with Crippen LogP contribution in [0.15, 0.2) is 75.5 Å². The van der Waals surface area contributed by atoms with E-state index in [0.29, 0.717) is 51.3 Å². The first kappa shape index (κ1) is 27.4. The number of aromatic nitrogens is 2. The summed E-state index contributed by atoms with van der Waals surface area (Å²) in [5.74, 6) is 0.417. The number of thioether (sulfide) groups is 1. The molecular formula is C29H28N6O3S2. The molecular weight excluding hydrogens is 544 g/mol. The van der Waals surface area contributed by atoms with E-state index in [0.717, 1.165) is 17.7 Å². The summed E-state index contributed by atoms with van der Waals surface area (Å²) in [5.41, 5.74) is 11.0. The maximum Gasteiger partial charge on any atom is 0.234 e. The number of nitrogens with zero attached hydrogens (tertiary/aromatic N) is 4. The van der Waals surface area contributed by atoms with Crippen LogP contribution in [-0.4, -0.2) is 34.8 Å². The lowest BCUT2D eigenvalue weighted by Gasteiger charge is -2.38. The van der Waals surface area contributed by atoms with Gasteiger partial charge in [-0.1, -0.05) is 54.3 Å². The highest BCUT2D eigenvalue weighted by Crippen LogP contribution is 2.47. The summed E-state index contributed by atoms with van der Waals surface area (Å²) in [6.45, 7) is 2.08. The fourth-order valence-corrected chi connectivity index (χ4v) is 6.61. The molecule has 2 aliphatic rings. The summed E-state index contributed by atoms with van der Waals surface area (Å²) >= 11 is 2.52. The Morgan fingerprint density at radius 1 is 1.20 bits per heavy atom. The quantitative estimate of drug-likeness (QED) is 0.352. The van der Waals surface area contributed by atoms with Gasteiger partial charge >= 0.3 is 0 Å². The fraction of sp³-hybridized carbons (Fsp3) is 0.276. The second kappa shape index (κ2) is 11.9. The molecule has 0 radical (unpaired) electrons. The number of aryl methyl sites for hydroxylation is 1. The zero-order valence-corrected chi connectivity index (χ0v) is 23.8. The molecule has 2 aromatic carbocycles. The highest BCUT2D eigenvalue weighted by Gasteiger charge is 2.41. The van der Waals surface area contributed by atoms with Gasteiger partial charge in [0.25, 0.3) is 0 Å². The van der Waals surface area contributed by atoms with Crippen molar-refractivity contribution >= 4 is 45.6 Å². The van der Waals surface area contributed by atoms with E-state index in [2.05, 4.69) is 28.5 Å². The van der Waals surface area contributed by atoms with E-state index in [1.807, 2.05) is 24.3 Å². The van der Waals surface area contributed by atoms with Gasteiger partial charge in [0.15, 0.2) is 10.1 Å². The van der Waals surface area contributed by atoms with E-state index in [1.165, 1.54) is 28.7 Å². The Kier molecular flexibility index (Phi) is 8.19. The molecule has 0 spiro atoms. The van der Waals surface area contributed by atoms with Gasteiger partial charge in [0.2, 0.25) is 11.0 Å². The molecule has 3 aromatic rings. The molecule has 40 heavy (non-hydrogen) atoms. The van der Waals surface area contributed by atoms with Gasteiger partial charge in [-0.3, -0.25) is 14.5 Å². The number of allylic oxidation sites excluding steroid dienone is 3. The number of benzene rings is 2. The largest absolute Gasteiger partial charge is 0.497 e. The van der Waals surface area contributed by atoms with Crippen LogP contribution in [0.1, 0.15) is 43.2 Å². The van der Waals surface area contributed by atoms with E-state index in [4.69, 9.17) is 10.5 Å². The number of Topliss-reactive ketones (excluding diaryl/α,β-unsaturated/α-hetero) is 1. The summed E-state index contributed by atoms with van der Waals surface area (Å²) in [5, 5.41) is 22.1. The SMILES string of the molecule is CCc1ccc(C2C(C#N)=C(N)N(c3nnc(SCC(=O)Nc4ccc(OC)cc4)s3)C3=C2C(=O)CCC3)cc1. The van der Waals surface area contributed by atoms with Crippen molar-refractivity contribution in [1.29, 1.82) is 5.26 Å². The summed E-state index contributed by atoms with van der Waals surface area (Å²) in [6, 6.07) is 17.4. The standard InChI is InChI=1S/C29H28N6O3S2/c1-3-17-7-9-18(10-8-17)25-21(15-30)27(31)35(22-5-4-6-23(36)26(22)25)28-33-34-29(40-28)39-16-24(37)32-19-11-13-20(38-2)14-12-19/h7-14,25H,3-6,16,31H2,1-2H3,(H,32,37). The van der Waals surface area contributed by atoms with Crippen molar-refractivity contribution < 1.29 is 14.3 Å². The molecule has 204 valence electrons. The smallest absolute Gasteiger partial charge is 0.234 e. The van der Waals surface area contributed by atoms with Gasteiger partial charge in [0, 0.05) is 23.4 Å². The number of hydrogen-bond donors (Lipinski definition) is 2. The third kappa shape index (κ3) is 5.46.